The van der Waals surface area contributed by atoms with Gasteiger partial charge in [0.05, 0.1) is 17.2 Å². The molecule has 0 fully saturated rings. The van der Waals surface area contributed by atoms with E-state index in [-0.39, 0.29) is 5.91 Å². The van der Waals surface area contributed by atoms with Gasteiger partial charge in [-0.15, -0.1) is 0 Å². The minimum Gasteiger partial charge on any atom is -0.611 e. The number of ether oxygens (including phenoxy) is 2. The number of carbonyl (C=O) groups is 1. The lowest BCUT2D eigenvalue weighted by Crippen LogP contribution is -2.29. The van der Waals surface area contributed by atoms with Crippen LogP contribution in [0, 0.1) is 12.8 Å². The molecule has 2 heterocycles. The maximum atomic E-state index is 13.6. The van der Waals surface area contributed by atoms with Crippen molar-refractivity contribution >= 4 is 46.1 Å². The van der Waals surface area contributed by atoms with Gasteiger partial charge in [-0.3, -0.25) is 4.79 Å². The molecule has 1 unspecified atom stereocenters. The zero-order chi connectivity index (χ0) is 33.2. The topological polar surface area (TPSA) is 86.8 Å². The minimum atomic E-state index is -1.18. The summed E-state index contributed by atoms with van der Waals surface area (Å²) in [6.45, 7) is 12.1. The Hall–Kier alpha value is -3.63. The summed E-state index contributed by atoms with van der Waals surface area (Å²) in [5, 5.41) is 3.07. The highest BCUT2D eigenvalue weighted by atomic mass is 32.2. The van der Waals surface area contributed by atoms with Crippen molar-refractivity contribution in [1.82, 2.24) is 4.37 Å². The zero-order valence-corrected chi connectivity index (χ0v) is 29.4. The third kappa shape index (κ3) is 9.93. The molecule has 248 valence electrons. The molecule has 0 spiro atoms. The van der Waals surface area contributed by atoms with Gasteiger partial charge in [0.2, 0.25) is 0 Å². The predicted octanol–water partition coefficient (Wildman–Crippen LogP) is 8.51. The van der Waals surface area contributed by atoms with Crippen LogP contribution in [0.3, 0.4) is 0 Å². The smallest absolute Gasteiger partial charge is 0.251 e. The molecule has 0 radical (unpaired) electrons. The van der Waals surface area contributed by atoms with Crippen molar-refractivity contribution in [2.45, 2.75) is 57.6 Å². The third-order valence-electron chi connectivity index (χ3n) is 7.88. The fourth-order valence-corrected chi connectivity index (χ4v) is 7.51. The molecule has 4 aromatic rings. The first-order valence-corrected chi connectivity index (χ1v) is 18.5. The second-order valence-corrected chi connectivity index (χ2v) is 14.6. The standard InChI is InChI=1S/C38H45N3O4S2/c1-5-6-19-44-20-21-45-34-12-7-29(8-13-34)30-9-16-37-32(23-30)24-31(17-18-41(37)25-27(2)3)38(42)39-33-10-14-36(15-11-33)47(43)26-35-22-28(4)40-46-35/h7-16,22-24,27H,5-6,17-21,25-26H2,1-4H3,(H,39,42). The van der Waals surface area contributed by atoms with E-state index in [1.54, 1.807) is 0 Å². The van der Waals surface area contributed by atoms with E-state index in [2.05, 4.69) is 65.7 Å². The fraction of sp³-hybridized carbons (Fsp3) is 0.368. The third-order valence-corrected chi connectivity index (χ3v) is 10.3. The second-order valence-electron chi connectivity index (χ2n) is 12.3. The fourth-order valence-electron chi connectivity index (χ4n) is 5.49. The number of benzene rings is 3. The van der Waals surface area contributed by atoms with Gasteiger partial charge in [0.25, 0.3) is 5.91 Å². The van der Waals surface area contributed by atoms with E-state index in [0.29, 0.717) is 37.0 Å². The van der Waals surface area contributed by atoms with Gasteiger partial charge in [0, 0.05) is 36.6 Å². The highest BCUT2D eigenvalue weighted by Crippen LogP contribution is 2.34. The van der Waals surface area contributed by atoms with Crippen LogP contribution in [0.1, 0.15) is 56.2 Å². The van der Waals surface area contributed by atoms with E-state index in [1.807, 2.05) is 55.5 Å². The van der Waals surface area contributed by atoms with Gasteiger partial charge < -0.3 is 24.2 Å². The lowest BCUT2D eigenvalue weighted by Gasteiger charge is -2.27. The van der Waals surface area contributed by atoms with E-state index in [1.165, 1.54) is 11.5 Å². The van der Waals surface area contributed by atoms with Gasteiger partial charge >= 0.3 is 0 Å². The monoisotopic (exact) mass is 671 g/mol. The van der Waals surface area contributed by atoms with E-state index in [9.17, 15) is 9.35 Å². The molecule has 5 rings (SSSR count). The van der Waals surface area contributed by atoms with Crippen LogP contribution in [0.2, 0.25) is 0 Å². The number of amides is 1. The molecule has 0 bridgehead atoms. The average Bonchev–Trinajstić information content (AvgIpc) is 3.39. The van der Waals surface area contributed by atoms with Crippen LogP contribution < -0.4 is 15.0 Å². The highest BCUT2D eigenvalue weighted by Gasteiger charge is 2.21. The quantitative estimate of drug-likeness (QED) is 0.101. The van der Waals surface area contributed by atoms with Crippen molar-refractivity contribution in [3.63, 3.8) is 0 Å². The molecule has 9 heteroatoms. The van der Waals surface area contributed by atoms with Gasteiger partial charge in [-0.2, -0.15) is 4.37 Å². The number of nitrogens with one attached hydrogen (secondary N) is 1. The Kier molecular flexibility index (Phi) is 12.5. The molecule has 0 saturated carbocycles. The van der Waals surface area contributed by atoms with Crippen molar-refractivity contribution in [1.29, 1.82) is 0 Å². The number of nitrogens with zero attached hydrogens (tertiary/aromatic N) is 2. The molecule has 47 heavy (non-hydrogen) atoms. The van der Waals surface area contributed by atoms with E-state index in [0.717, 1.165) is 81.7 Å². The lowest BCUT2D eigenvalue weighted by molar-refractivity contribution is -0.112. The Labute approximate surface area is 286 Å². The number of unbranched alkanes of at least 4 members (excludes halogenated alkanes) is 1. The van der Waals surface area contributed by atoms with Gasteiger partial charge in [-0.25, -0.2) is 0 Å². The Morgan fingerprint density at radius 3 is 2.49 bits per heavy atom. The molecule has 1 atom stereocenters. The van der Waals surface area contributed by atoms with Gasteiger partial charge in [-0.1, -0.05) is 45.4 Å². The Morgan fingerprint density at radius 1 is 1.02 bits per heavy atom. The SMILES string of the molecule is CCCCOCCOc1ccc(-c2ccc3c(c2)C=C(C(=O)Nc2ccc([S+]([O-])Cc4cc(C)ns4)cc2)CCN3CC(C)C)cc1. The number of aromatic nitrogens is 1. The van der Waals surface area contributed by atoms with Crippen LogP contribution in [0.5, 0.6) is 5.75 Å². The summed E-state index contributed by atoms with van der Waals surface area (Å²) in [7, 11) is 0. The van der Waals surface area contributed by atoms with Crippen LogP contribution in [0.15, 0.2) is 83.3 Å². The summed E-state index contributed by atoms with van der Waals surface area (Å²) in [5.41, 5.74) is 6.68. The summed E-state index contributed by atoms with van der Waals surface area (Å²) in [6.07, 6.45) is 4.86. The van der Waals surface area contributed by atoms with Crippen molar-refractivity contribution in [3.05, 3.63) is 94.5 Å². The van der Waals surface area contributed by atoms with Gasteiger partial charge in [0.15, 0.2) is 4.90 Å². The van der Waals surface area contributed by atoms with Crippen LogP contribution in [-0.4, -0.2) is 47.7 Å². The normalized spacial score (nSPS) is 13.6. The molecule has 1 amide bonds. The maximum Gasteiger partial charge on any atom is 0.251 e. The van der Waals surface area contributed by atoms with E-state index < -0.39 is 11.2 Å². The summed E-state index contributed by atoms with van der Waals surface area (Å²) in [6, 6.07) is 23.9. The molecule has 3 aromatic carbocycles. The highest BCUT2D eigenvalue weighted by molar-refractivity contribution is 7.90. The van der Waals surface area contributed by atoms with Crippen molar-refractivity contribution < 1.29 is 18.8 Å². The van der Waals surface area contributed by atoms with Crippen LogP contribution >= 0.6 is 11.5 Å². The molecular formula is C38H45N3O4S2. The Bertz CT molecular complexity index is 1630. The minimum absolute atomic E-state index is 0.123. The summed E-state index contributed by atoms with van der Waals surface area (Å²) < 4.78 is 28.6. The molecule has 1 aliphatic heterocycles. The van der Waals surface area contributed by atoms with Crippen molar-refractivity contribution in [2.24, 2.45) is 5.92 Å². The zero-order valence-electron chi connectivity index (χ0n) is 27.8. The number of fused-ring (bicyclic) bond motifs is 1. The number of carbonyl (C=O) groups excluding carboxylic acids is 1. The number of anilines is 2. The van der Waals surface area contributed by atoms with Crippen molar-refractivity contribution in [2.75, 3.05) is 43.1 Å². The first-order chi connectivity index (χ1) is 22.8. The number of rotatable bonds is 15. The first kappa shape index (κ1) is 34.7. The van der Waals surface area contributed by atoms with Crippen LogP contribution in [0.4, 0.5) is 11.4 Å². The Balaban J connectivity index is 1.28. The molecule has 0 saturated heterocycles. The molecule has 1 aliphatic rings. The molecule has 7 nitrogen and oxygen atoms in total. The average molecular weight is 672 g/mol. The molecule has 1 aromatic heterocycles. The number of hydrogen-bond acceptors (Lipinski definition) is 7. The van der Waals surface area contributed by atoms with Crippen molar-refractivity contribution in [3.8, 4) is 16.9 Å². The first-order valence-electron chi connectivity index (χ1n) is 16.4. The molecule has 1 N–H and O–H groups in total. The molecule has 0 aliphatic carbocycles. The van der Waals surface area contributed by atoms with Crippen LogP contribution in [-0.2, 0) is 26.5 Å². The van der Waals surface area contributed by atoms with Gasteiger partial charge in [0.1, 0.15) is 18.1 Å². The molecular weight excluding hydrogens is 627 g/mol. The van der Waals surface area contributed by atoms with Crippen LogP contribution in [0.25, 0.3) is 17.2 Å². The van der Waals surface area contributed by atoms with E-state index in [4.69, 9.17) is 9.47 Å². The summed E-state index contributed by atoms with van der Waals surface area (Å²) in [5.74, 6) is 1.61. The maximum absolute atomic E-state index is 13.6. The largest absolute Gasteiger partial charge is 0.611 e. The van der Waals surface area contributed by atoms with E-state index >= 15 is 0 Å². The van der Waals surface area contributed by atoms with Gasteiger partial charge in [-0.05, 0) is 126 Å². The lowest BCUT2D eigenvalue weighted by atomic mass is 10.00. The number of aryl methyl sites for hydroxylation is 1. The number of hydrogen-bond donors (Lipinski definition) is 1. The second kappa shape index (κ2) is 17.0. The summed E-state index contributed by atoms with van der Waals surface area (Å²) >= 11 is 0.209. The predicted molar refractivity (Wildman–Crippen MR) is 195 cm³/mol. The summed E-state index contributed by atoms with van der Waals surface area (Å²) in [4.78, 5) is 17.7. The Morgan fingerprint density at radius 2 is 1.79 bits per heavy atom.